The zero-order valence-electron chi connectivity index (χ0n) is 15.1. The summed E-state index contributed by atoms with van der Waals surface area (Å²) in [6.07, 6.45) is 3.96. The van der Waals surface area contributed by atoms with Gasteiger partial charge >= 0.3 is 0 Å². The second-order valence-corrected chi connectivity index (χ2v) is 5.92. The normalized spacial score (nSPS) is 12.4. The molecular weight excluding hydrogens is 429 g/mol. The Balaban J connectivity index is 0.00000312. The number of halogens is 1. The van der Waals surface area contributed by atoms with Gasteiger partial charge in [-0.15, -0.1) is 24.0 Å². The smallest absolute Gasteiger partial charge is 0.194 e. The highest BCUT2D eigenvalue weighted by atomic mass is 127. The second-order valence-electron chi connectivity index (χ2n) is 5.92. The highest BCUT2D eigenvalue weighted by molar-refractivity contribution is 14.0. The minimum absolute atomic E-state index is 0. The number of rotatable bonds is 7. The summed E-state index contributed by atoms with van der Waals surface area (Å²) in [5.41, 5.74) is 2.24. The van der Waals surface area contributed by atoms with Gasteiger partial charge in [0.15, 0.2) is 5.96 Å². The molecule has 25 heavy (non-hydrogen) atoms. The average Bonchev–Trinajstić information content (AvgIpc) is 2.97. The molecule has 1 aromatic carbocycles. The summed E-state index contributed by atoms with van der Waals surface area (Å²) in [7, 11) is 3.89. The van der Waals surface area contributed by atoms with E-state index in [1.165, 1.54) is 0 Å². The first-order chi connectivity index (χ1) is 11.6. The van der Waals surface area contributed by atoms with Gasteiger partial charge in [-0.3, -0.25) is 9.67 Å². The van der Waals surface area contributed by atoms with Gasteiger partial charge in [0.05, 0.1) is 18.8 Å². The summed E-state index contributed by atoms with van der Waals surface area (Å²) in [6, 6.07) is 9.98. The SMILES string of the molecule is CCNC(=NCC(O)Cc1ccccc1)N(C)Cc1cnn(C)c1.I. The van der Waals surface area contributed by atoms with Crippen molar-refractivity contribution in [1.82, 2.24) is 20.0 Å². The molecule has 1 heterocycles. The molecule has 7 heteroatoms. The Kier molecular flexibility index (Phi) is 9.51. The minimum atomic E-state index is -0.493. The number of aliphatic imine (C=N–C) groups is 1. The van der Waals surface area contributed by atoms with E-state index in [1.807, 2.05) is 68.6 Å². The van der Waals surface area contributed by atoms with E-state index in [9.17, 15) is 5.11 Å². The van der Waals surface area contributed by atoms with Gasteiger partial charge in [0.2, 0.25) is 0 Å². The molecule has 2 aromatic rings. The van der Waals surface area contributed by atoms with Crippen molar-refractivity contribution >= 4 is 29.9 Å². The number of hydrogen-bond donors (Lipinski definition) is 2. The first-order valence-electron chi connectivity index (χ1n) is 8.27. The van der Waals surface area contributed by atoms with Gasteiger partial charge in [0.1, 0.15) is 0 Å². The topological polar surface area (TPSA) is 65.7 Å². The Labute approximate surface area is 167 Å². The summed E-state index contributed by atoms with van der Waals surface area (Å²) >= 11 is 0. The van der Waals surface area contributed by atoms with Gasteiger partial charge in [-0.25, -0.2) is 0 Å². The molecule has 0 aliphatic heterocycles. The lowest BCUT2D eigenvalue weighted by Gasteiger charge is -2.22. The summed E-state index contributed by atoms with van der Waals surface area (Å²) in [6.45, 7) is 3.90. The van der Waals surface area contributed by atoms with Gasteiger partial charge in [-0.2, -0.15) is 5.10 Å². The maximum Gasteiger partial charge on any atom is 0.194 e. The van der Waals surface area contributed by atoms with Crippen molar-refractivity contribution in [3.63, 3.8) is 0 Å². The van der Waals surface area contributed by atoms with Crippen molar-refractivity contribution in [3.8, 4) is 0 Å². The van der Waals surface area contributed by atoms with Crippen LogP contribution in [-0.2, 0) is 20.0 Å². The Bertz CT molecular complexity index is 644. The average molecular weight is 457 g/mol. The number of nitrogens with one attached hydrogen (secondary N) is 1. The van der Waals surface area contributed by atoms with Gasteiger partial charge in [-0.05, 0) is 12.5 Å². The number of benzene rings is 1. The van der Waals surface area contributed by atoms with Crippen LogP contribution in [0.15, 0.2) is 47.7 Å². The predicted octanol–water partition coefficient (Wildman–Crippen LogP) is 2.04. The first-order valence-corrected chi connectivity index (χ1v) is 8.27. The molecule has 0 radical (unpaired) electrons. The van der Waals surface area contributed by atoms with Crippen LogP contribution in [0.1, 0.15) is 18.1 Å². The van der Waals surface area contributed by atoms with E-state index in [-0.39, 0.29) is 24.0 Å². The quantitative estimate of drug-likeness (QED) is 0.380. The Hall–Kier alpha value is -1.61. The summed E-state index contributed by atoms with van der Waals surface area (Å²) < 4.78 is 1.79. The molecule has 2 rings (SSSR count). The van der Waals surface area contributed by atoms with Crippen molar-refractivity contribution < 1.29 is 5.11 Å². The molecule has 1 aromatic heterocycles. The molecule has 0 bridgehead atoms. The fourth-order valence-electron chi connectivity index (χ4n) is 2.51. The van der Waals surface area contributed by atoms with Gasteiger partial charge in [0.25, 0.3) is 0 Å². The molecule has 0 fully saturated rings. The van der Waals surface area contributed by atoms with Crippen LogP contribution in [0.2, 0.25) is 0 Å². The van der Waals surface area contributed by atoms with E-state index in [4.69, 9.17) is 0 Å². The highest BCUT2D eigenvalue weighted by Gasteiger charge is 2.10. The summed E-state index contributed by atoms with van der Waals surface area (Å²) in [5, 5.41) is 17.7. The van der Waals surface area contributed by atoms with Gasteiger partial charge in [0, 0.05) is 45.4 Å². The number of nitrogens with zero attached hydrogens (tertiary/aromatic N) is 4. The van der Waals surface area contributed by atoms with Crippen LogP contribution >= 0.6 is 24.0 Å². The van der Waals surface area contributed by atoms with Gasteiger partial charge < -0.3 is 15.3 Å². The molecule has 1 unspecified atom stereocenters. The number of aliphatic hydroxyl groups is 1. The molecule has 0 spiro atoms. The zero-order valence-corrected chi connectivity index (χ0v) is 17.4. The number of aliphatic hydroxyl groups excluding tert-OH is 1. The van der Waals surface area contributed by atoms with E-state index in [0.717, 1.165) is 23.6 Å². The molecule has 2 N–H and O–H groups in total. The van der Waals surface area contributed by atoms with Crippen LogP contribution in [0.4, 0.5) is 0 Å². The molecule has 6 nitrogen and oxygen atoms in total. The van der Waals surface area contributed by atoms with Crippen LogP contribution in [-0.4, -0.2) is 52.0 Å². The summed E-state index contributed by atoms with van der Waals surface area (Å²) in [5.74, 6) is 0.786. The monoisotopic (exact) mass is 457 g/mol. The van der Waals surface area contributed by atoms with Crippen LogP contribution in [0.25, 0.3) is 0 Å². The van der Waals surface area contributed by atoms with Crippen molar-refractivity contribution in [2.24, 2.45) is 12.0 Å². The summed E-state index contributed by atoms with van der Waals surface area (Å²) in [4.78, 5) is 6.60. The Morgan fingerprint density at radius 2 is 2.04 bits per heavy atom. The molecule has 0 amide bonds. The van der Waals surface area contributed by atoms with Crippen molar-refractivity contribution in [2.45, 2.75) is 26.0 Å². The molecular formula is C18H28IN5O. The van der Waals surface area contributed by atoms with E-state index < -0.39 is 6.10 Å². The van der Waals surface area contributed by atoms with Crippen molar-refractivity contribution in [1.29, 1.82) is 0 Å². The zero-order chi connectivity index (χ0) is 17.4. The van der Waals surface area contributed by atoms with E-state index in [1.54, 1.807) is 4.68 Å². The second kappa shape index (κ2) is 11.1. The van der Waals surface area contributed by atoms with Gasteiger partial charge in [-0.1, -0.05) is 30.3 Å². The molecule has 138 valence electrons. The van der Waals surface area contributed by atoms with Crippen molar-refractivity contribution in [3.05, 3.63) is 53.9 Å². The van der Waals surface area contributed by atoms with Crippen LogP contribution in [0.5, 0.6) is 0 Å². The number of hydrogen-bond acceptors (Lipinski definition) is 3. The van der Waals surface area contributed by atoms with Crippen LogP contribution in [0, 0.1) is 0 Å². The van der Waals surface area contributed by atoms with Crippen molar-refractivity contribution in [2.75, 3.05) is 20.1 Å². The number of aryl methyl sites for hydroxylation is 1. The molecule has 0 saturated heterocycles. The largest absolute Gasteiger partial charge is 0.391 e. The van der Waals surface area contributed by atoms with E-state index in [2.05, 4.69) is 15.4 Å². The maximum atomic E-state index is 10.2. The Morgan fingerprint density at radius 1 is 1.32 bits per heavy atom. The number of aromatic nitrogens is 2. The lowest BCUT2D eigenvalue weighted by atomic mass is 10.1. The van der Waals surface area contributed by atoms with Crippen LogP contribution < -0.4 is 5.32 Å². The Morgan fingerprint density at radius 3 is 2.64 bits per heavy atom. The third-order valence-electron chi connectivity index (χ3n) is 3.64. The lowest BCUT2D eigenvalue weighted by molar-refractivity contribution is 0.183. The minimum Gasteiger partial charge on any atom is -0.391 e. The predicted molar refractivity (Wildman–Crippen MR) is 112 cm³/mol. The van der Waals surface area contributed by atoms with E-state index in [0.29, 0.717) is 19.5 Å². The fraction of sp³-hybridized carbons (Fsp3) is 0.444. The molecule has 0 aliphatic carbocycles. The first kappa shape index (κ1) is 21.4. The number of guanidine groups is 1. The third kappa shape index (κ3) is 7.43. The van der Waals surface area contributed by atoms with E-state index >= 15 is 0 Å². The molecule has 0 saturated carbocycles. The third-order valence-corrected chi connectivity index (χ3v) is 3.64. The van der Waals surface area contributed by atoms with Crippen LogP contribution in [0.3, 0.4) is 0 Å². The standard InChI is InChI=1S/C18H27N5O.HI/c1-4-19-18(22(2)13-16-11-21-23(3)14-16)20-12-17(24)10-15-8-6-5-7-9-15;/h5-9,11,14,17,24H,4,10,12-13H2,1-3H3,(H,19,20);1H. The fourth-order valence-corrected chi connectivity index (χ4v) is 2.51. The highest BCUT2D eigenvalue weighted by Crippen LogP contribution is 2.05. The molecule has 0 aliphatic rings. The maximum absolute atomic E-state index is 10.2. The lowest BCUT2D eigenvalue weighted by Crippen LogP contribution is -2.39. The molecule has 1 atom stereocenters.